The number of amides is 2. The van der Waals surface area contributed by atoms with Gasteiger partial charge in [-0.25, -0.2) is 8.42 Å². The lowest BCUT2D eigenvalue weighted by atomic mass is 10.1. The summed E-state index contributed by atoms with van der Waals surface area (Å²) in [5.41, 5.74) is 0.345. The SMILES string of the molecule is CC(C)NC(=O)C(C)N(Cc1ccc(Br)cc1)C(=O)CN(c1cccc([N+](=O)[O-])c1)S(=O)(=O)c1ccccc1. The minimum atomic E-state index is -4.31. The molecule has 1 N–H and O–H groups in total. The first-order valence-electron chi connectivity index (χ1n) is 12.1. The molecular weight excluding hydrogens is 588 g/mol. The average molecular weight is 618 g/mol. The van der Waals surface area contributed by atoms with E-state index < -0.39 is 39.3 Å². The molecule has 3 rings (SSSR count). The summed E-state index contributed by atoms with van der Waals surface area (Å²) in [5, 5.41) is 14.2. The highest BCUT2D eigenvalue weighted by Crippen LogP contribution is 2.27. The fraction of sp³-hybridized carbons (Fsp3) is 0.259. The Kier molecular flexibility index (Phi) is 9.81. The largest absolute Gasteiger partial charge is 0.352 e. The molecule has 0 aliphatic heterocycles. The lowest BCUT2D eigenvalue weighted by Gasteiger charge is -2.32. The van der Waals surface area contributed by atoms with Gasteiger partial charge in [-0.05, 0) is 56.7 Å². The van der Waals surface area contributed by atoms with Crippen LogP contribution in [0.4, 0.5) is 11.4 Å². The quantitative estimate of drug-likeness (QED) is 0.249. The van der Waals surface area contributed by atoms with Crippen molar-refractivity contribution in [3.05, 3.63) is 99.0 Å². The van der Waals surface area contributed by atoms with E-state index in [-0.39, 0.29) is 28.9 Å². The highest BCUT2D eigenvalue weighted by molar-refractivity contribution is 9.10. The number of rotatable bonds is 11. The number of hydrogen-bond donors (Lipinski definition) is 1. The number of benzene rings is 3. The third kappa shape index (κ3) is 7.64. The normalized spacial score (nSPS) is 12.0. The molecule has 0 aliphatic carbocycles. The first kappa shape index (κ1) is 29.8. The van der Waals surface area contributed by atoms with Crippen LogP contribution in [0.15, 0.2) is 88.2 Å². The van der Waals surface area contributed by atoms with Crippen LogP contribution in [-0.2, 0) is 26.2 Å². The Morgan fingerprint density at radius 1 is 0.974 bits per heavy atom. The van der Waals surface area contributed by atoms with Gasteiger partial charge in [0.2, 0.25) is 11.8 Å². The highest BCUT2D eigenvalue weighted by atomic mass is 79.9. The number of carbonyl (C=O) groups is 2. The van der Waals surface area contributed by atoms with E-state index in [1.165, 1.54) is 35.2 Å². The van der Waals surface area contributed by atoms with E-state index in [0.29, 0.717) is 0 Å². The second kappa shape index (κ2) is 12.9. The fourth-order valence-electron chi connectivity index (χ4n) is 3.78. The Labute approximate surface area is 236 Å². The van der Waals surface area contributed by atoms with Gasteiger partial charge in [0, 0.05) is 29.2 Å². The Hall–Kier alpha value is -3.77. The van der Waals surface area contributed by atoms with Gasteiger partial charge >= 0.3 is 0 Å². The standard InChI is InChI=1S/C27H29BrN4O6S/c1-19(2)29-27(34)20(3)30(17-21-12-14-22(28)15-13-21)26(33)18-31(23-8-7-9-24(16-23)32(35)36)39(37,38)25-10-5-4-6-11-25/h4-16,19-20H,17-18H2,1-3H3,(H,29,34). The number of anilines is 1. The fourth-order valence-corrected chi connectivity index (χ4v) is 5.48. The Morgan fingerprint density at radius 3 is 2.21 bits per heavy atom. The van der Waals surface area contributed by atoms with E-state index in [9.17, 15) is 28.1 Å². The van der Waals surface area contributed by atoms with Crippen LogP contribution in [-0.4, -0.2) is 48.7 Å². The molecule has 3 aromatic rings. The molecule has 3 aromatic carbocycles. The smallest absolute Gasteiger partial charge is 0.271 e. The molecule has 0 saturated carbocycles. The summed E-state index contributed by atoms with van der Waals surface area (Å²) in [6, 6.07) is 18.6. The zero-order valence-electron chi connectivity index (χ0n) is 21.7. The average Bonchev–Trinajstić information content (AvgIpc) is 2.91. The summed E-state index contributed by atoms with van der Waals surface area (Å²) in [6.07, 6.45) is 0. The zero-order chi connectivity index (χ0) is 28.7. The first-order chi connectivity index (χ1) is 18.4. The Balaban J connectivity index is 2.06. The summed E-state index contributed by atoms with van der Waals surface area (Å²) in [5.74, 6) is -1.06. The van der Waals surface area contributed by atoms with Crippen molar-refractivity contribution in [1.29, 1.82) is 0 Å². The number of hydrogen-bond acceptors (Lipinski definition) is 6. The number of halogens is 1. The number of nitro benzene ring substituents is 1. The molecule has 0 heterocycles. The molecular formula is C27H29BrN4O6S. The first-order valence-corrected chi connectivity index (χ1v) is 14.3. The lowest BCUT2D eigenvalue weighted by molar-refractivity contribution is -0.384. The third-order valence-electron chi connectivity index (χ3n) is 5.80. The lowest BCUT2D eigenvalue weighted by Crippen LogP contribution is -2.52. The van der Waals surface area contributed by atoms with Crippen LogP contribution in [0, 0.1) is 10.1 Å². The Bertz CT molecular complexity index is 1430. The van der Waals surface area contributed by atoms with Crippen molar-refractivity contribution in [2.75, 3.05) is 10.8 Å². The second-order valence-electron chi connectivity index (χ2n) is 9.09. The monoisotopic (exact) mass is 616 g/mol. The number of nitrogens with zero attached hydrogens (tertiary/aromatic N) is 3. The van der Waals surface area contributed by atoms with Gasteiger partial charge < -0.3 is 10.2 Å². The number of carbonyl (C=O) groups excluding carboxylic acids is 2. The van der Waals surface area contributed by atoms with Gasteiger partial charge in [0.05, 0.1) is 15.5 Å². The summed E-state index contributed by atoms with van der Waals surface area (Å²) in [4.78, 5) is 38.7. The molecule has 39 heavy (non-hydrogen) atoms. The van der Waals surface area contributed by atoms with Gasteiger partial charge in [0.25, 0.3) is 15.7 Å². The van der Waals surface area contributed by atoms with Crippen LogP contribution in [0.2, 0.25) is 0 Å². The molecule has 206 valence electrons. The van der Waals surface area contributed by atoms with E-state index in [1.54, 1.807) is 63.2 Å². The van der Waals surface area contributed by atoms with E-state index in [0.717, 1.165) is 20.4 Å². The molecule has 0 saturated heterocycles. The Morgan fingerprint density at radius 2 is 1.62 bits per heavy atom. The van der Waals surface area contributed by atoms with Gasteiger partial charge in [-0.1, -0.05) is 52.3 Å². The van der Waals surface area contributed by atoms with Crippen LogP contribution in [0.3, 0.4) is 0 Å². The summed E-state index contributed by atoms with van der Waals surface area (Å²) < 4.78 is 29.1. The molecule has 0 fully saturated rings. The molecule has 2 amide bonds. The van der Waals surface area contributed by atoms with Crippen molar-refractivity contribution in [2.24, 2.45) is 0 Å². The van der Waals surface area contributed by atoms with Crippen LogP contribution in [0.25, 0.3) is 0 Å². The van der Waals surface area contributed by atoms with E-state index in [2.05, 4.69) is 21.2 Å². The van der Waals surface area contributed by atoms with Gasteiger partial charge in [0.15, 0.2) is 0 Å². The summed E-state index contributed by atoms with van der Waals surface area (Å²) in [6.45, 7) is 4.50. The zero-order valence-corrected chi connectivity index (χ0v) is 24.1. The van der Waals surface area contributed by atoms with Crippen LogP contribution >= 0.6 is 15.9 Å². The van der Waals surface area contributed by atoms with Crippen molar-refractivity contribution in [1.82, 2.24) is 10.2 Å². The van der Waals surface area contributed by atoms with Crippen LogP contribution in [0.5, 0.6) is 0 Å². The predicted octanol–water partition coefficient (Wildman–Crippen LogP) is 4.49. The minimum absolute atomic E-state index is 0.0347. The molecule has 12 heteroatoms. The van der Waals surface area contributed by atoms with Crippen molar-refractivity contribution in [3.63, 3.8) is 0 Å². The van der Waals surface area contributed by atoms with Gasteiger partial charge in [0.1, 0.15) is 12.6 Å². The van der Waals surface area contributed by atoms with Crippen molar-refractivity contribution >= 4 is 49.1 Å². The van der Waals surface area contributed by atoms with Gasteiger partial charge in [-0.2, -0.15) is 0 Å². The van der Waals surface area contributed by atoms with Gasteiger partial charge in [-0.3, -0.25) is 24.0 Å². The van der Waals surface area contributed by atoms with Crippen LogP contribution in [0.1, 0.15) is 26.3 Å². The number of non-ortho nitro benzene ring substituents is 1. The predicted molar refractivity (Wildman–Crippen MR) is 152 cm³/mol. The minimum Gasteiger partial charge on any atom is -0.352 e. The number of nitrogens with one attached hydrogen (secondary N) is 1. The highest BCUT2D eigenvalue weighted by Gasteiger charge is 2.33. The van der Waals surface area contributed by atoms with Crippen molar-refractivity contribution in [2.45, 2.75) is 44.3 Å². The molecule has 0 bridgehead atoms. The molecule has 0 aromatic heterocycles. The molecule has 0 spiro atoms. The molecule has 0 radical (unpaired) electrons. The van der Waals surface area contributed by atoms with Crippen molar-refractivity contribution < 1.29 is 22.9 Å². The molecule has 1 atom stereocenters. The van der Waals surface area contributed by atoms with E-state index in [1.807, 2.05) is 0 Å². The molecule has 1 unspecified atom stereocenters. The molecule has 0 aliphatic rings. The maximum Gasteiger partial charge on any atom is 0.271 e. The number of nitro groups is 1. The second-order valence-corrected chi connectivity index (χ2v) is 11.9. The van der Waals surface area contributed by atoms with E-state index >= 15 is 0 Å². The van der Waals surface area contributed by atoms with E-state index in [4.69, 9.17) is 0 Å². The third-order valence-corrected chi connectivity index (χ3v) is 8.12. The van der Waals surface area contributed by atoms with Crippen LogP contribution < -0.4 is 9.62 Å². The topological polar surface area (TPSA) is 130 Å². The summed E-state index contributed by atoms with van der Waals surface area (Å²) in [7, 11) is -4.31. The maximum absolute atomic E-state index is 13.8. The van der Waals surface area contributed by atoms with Gasteiger partial charge in [-0.15, -0.1) is 0 Å². The number of sulfonamides is 1. The van der Waals surface area contributed by atoms with Crippen molar-refractivity contribution in [3.8, 4) is 0 Å². The molecule has 10 nitrogen and oxygen atoms in total. The maximum atomic E-state index is 13.8. The summed E-state index contributed by atoms with van der Waals surface area (Å²) >= 11 is 3.37.